The van der Waals surface area contributed by atoms with Crippen LogP contribution in [0.15, 0.2) is 97.3 Å². The molecule has 2 aromatic heterocycles. The van der Waals surface area contributed by atoms with E-state index in [1.807, 2.05) is 42.5 Å². The van der Waals surface area contributed by atoms with Gasteiger partial charge in [0.2, 0.25) is 5.88 Å². The van der Waals surface area contributed by atoms with Gasteiger partial charge in [-0.3, -0.25) is 0 Å². The van der Waals surface area contributed by atoms with E-state index in [1.165, 1.54) is 0 Å². The smallest absolute Gasteiger partial charge is 0.228 e. The second-order valence-corrected chi connectivity index (χ2v) is 8.52. The summed E-state index contributed by atoms with van der Waals surface area (Å²) in [6.07, 6.45) is 1.66. The Balaban J connectivity index is 1.51. The second kappa shape index (κ2) is 7.67. The van der Waals surface area contributed by atoms with Gasteiger partial charge in [-0.2, -0.15) is 0 Å². The third-order valence-electron chi connectivity index (χ3n) is 6.58. The standard InChI is InChI=1S/C29H20N4O2/c1-34-23-14-8-7-13-21(23)27-31-28-25-24(19-10-3-2-4-11-19)22-16-15-18-9-5-6-12-20(18)26(22)35-29(25)30-17-33(28)32-27/h2-17,24H,1H3/t24-/m0/s1. The van der Waals surface area contributed by atoms with Crippen molar-refractivity contribution in [2.24, 2.45) is 0 Å². The van der Waals surface area contributed by atoms with Gasteiger partial charge in [0.1, 0.15) is 17.8 Å². The normalized spacial score (nSPS) is 14.4. The van der Waals surface area contributed by atoms with E-state index < -0.39 is 0 Å². The summed E-state index contributed by atoms with van der Waals surface area (Å²) in [5, 5.41) is 6.93. The minimum absolute atomic E-state index is 0.106. The number of hydrogen-bond acceptors (Lipinski definition) is 5. The first-order valence-corrected chi connectivity index (χ1v) is 11.4. The van der Waals surface area contributed by atoms with Crippen molar-refractivity contribution in [2.75, 3.05) is 7.11 Å². The molecule has 0 saturated carbocycles. The molecule has 0 fully saturated rings. The van der Waals surface area contributed by atoms with Crippen LogP contribution >= 0.6 is 0 Å². The number of fused-ring (bicyclic) bond motifs is 6. The molecule has 0 aliphatic carbocycles. The minimum Gasteiger partial charge on any atom is -0.496 e. The Bertz CT molecular complexity index is 1730. The predicted octanol–water partition coefficient (Wildman–Crippen LogP) is 6.24. The summed E-state index contributed by atoms with van der Waals surface area (Å²) in [5.41, 5.74) is 4.66. The summed E-state index contributed by atoms with van der Waals surface area (Å²) in [6.45, 7) is 0. The van der Waals surface area contributed by atoms with Gasteiger partial charge >= 0.3 is 0 Å². The highest BCUT2D eigenvalue weighted by atomic mass is 16.5. The summed E-state index contributed by atoms with van der Waals surface area (Å²) in [5.74, 6) is 2.58. The van der Waals surface area contributed by atoms with Crippen LogP contribution in [0.4, 0.5) is 0 Å². The molecule has 3 heterocycles. The van der Waals surface area contributed by atoms with E-state index in [1.54, 1.807) is 18.0 Å². The molecule has 4 aromatic carbocycles. The molecule has 1 aliphatic heterocycles. The number of ether oxygens (including phenoxy) is 2. The van der Waals surface area contributed by atoms with Crippen molar-refractivity contribution in [1.82, 2.24) is 19.6 Å². The largest absolute Gasteiger partial charge is 0.496 e. The third kappa shape index (κ3) is 3.00. The second-order valence-electron chi connectivity index (χ2n) is 8.52. The molecule has 0 bridgehead atoms. The molecule has 0 radical (unpaired) electrons. The first-order valence-electron chi connectivity index (χ1n) is 11.4. The molecule has 6 heteroatoms. The number of benzene rings is 4. The van der Waals surface area contributed by atoms with Gasteiger partial charge < -0.3 is 9.47 Å². The topological polar surface area (TPSA) is 61.5 Å². The van der Waals surface area contributed by atoms with Gasteiger partial charge in [-0.15, -0.1) is 5.10 Å². The average Bonchev–Trinajstić information content (AvgIpc) is 3.37. The zero-order valence-corrected chi connectivity index (χ0v) is 18.9. The molecule has 0 spiro atoms. The lowest BCUT2D eigenvalue weighted by atomic mass is 9.83. The first-order chi connectivity index (χ1) is 17.3. The fourth-order valence-corrected chi connectivity index (χ4v) is 4.98. The van der Waals surface area contributed by atoms with Gasteiger partial charge in [0.15, 0.2) is 11.5 Å². The number of para-hydroxylation sites is 1. The Hall–Kier alpha value is -4.71. The van der Waals surface area contributed by atoms with E-state index in [0.29, 0.717) is 17.4 Å². The van der Waals surface area contributed by atoms with Gasteiger partial charge in [-0.25, -0.2) is 14.5 Å². The van der Waals surface area contributed by atoms with Crippen LogP contribution < -0.4 is 9.47 Å². The summed E-state index contributed by atoms with van der Waals surface area (Å²) in [7, 11) is 1.65. The molecule has 0 saturated heterocycles. The summed E-state index contributed by atoms with van der Waals surface area (Å²) in [6, 6.07) is 30.7. The number of hydrogen-bond donors (Lipinski definition) is 0. The van der Waals surface area contributed by atoms with Crippen molar-refractivity contribution in [1.29, 1.82) is 0 Å². The van der Waals surface area contributed by atoms with Crippen molar-refractivity contribution < 1.29 is 9.47 Å². The fraction of sp³-hybridized carbons (Fsp3) is 0.0690. The van der Waals surface area contributed by atoms with Crippen LogP contribution in [0.5, 0.6) is 17.4 Å². The van der Waals surface area contributed by atoms with Gasteiger partial charge in [0, 0.05) is 16.9 Å². The highest BCUT2D eigenvalue weighted by Crippen LogP contribution is 2.50. The molecular weight excluding hydrogens is 436 g/mol. The SMILES string of the molecule is COc1ccccc1-c1nc2c3c(ncn2n1)Oc1c(ccc2ccccc12)[C@@H]3c1ccccc1. The summed E-state index contributed by atoms with van der Waals surface area (Å²) < 4.78 is 13.8. The third-order valence-corrected chi connectivity index (χ3v) is 6.58. The van der Waals surface area contributed by atoms with E-state index >= 15 is 0 Å². The molecule has 7 rings (SSSR count). The molecule has 1 aliphatic rings. The quantitative estimate of drug-likeness (QED) is 0.315. The molecule has 0 unspecified atom stereocenters. The van der Waals surface area contributed by atoms with Crippen molar-refractivity contribution in [3.63, 3.8) is 0 Å². The highest BCUT2D eigenvalue weighted by molar-refractivity contribution is 5.91. The van der Waals surface area contributed by atoms with Crippen LogP contribution in [-0.4, -0.2) is 26.7 Å². The van der Waals surface area contributed by atoms with E-state index in [-0.39, 0.29) is 5.92 Å². The van der Waals surface area contributed by atoms with E-state index in [2.05, 4.69) is 53.5 Å². The van der Waals surface area contributed by atoms with Gasteiger partial charge in [-0.1, -0.05) is 78.9 Å². The average molecular weight is 457 g/mol. The Labute approximate surface area is 201 Å². The van der Waals surface area contributed by atoms with Crippen LogP contribution in [-0.2, 0) is 0 Å². The maximum Gasteiger partial charge on any atom is 0.228 e. The molecule has 168 valence electrons. The molecular formula is C29H20N4O2. The highest BCUT2D eigenvalue weighted by Gasteiger charge is 2.34. The number of rotatable bonds is 3. The first kappa shape index (κ1) is 19.7. The van der Waals surface area contributed by atoms with E-state index in [0.717, 1.165) is 44.5 Å². The Kier molecular flexibility index (Phi) is 4.32. The fourth-order valence-electron chi connectivity index (χ4n) is 4.98. The zero-order valence-electron chi connectivity index (χ0n) is 18.9. The van der Waals surface area contributed by atoms with Gasteiger partial charge in [0.05, 0.1) is 18.2 Å². The van der Waals surface area contributed by atoms with Crippen LogP contribution in [0.2, 0.25) is 0 Å². The van der Waals surface area contributed by atoms with Crippen molar-refractivity contribution in [3.8, 4) is 28.8 Å². The van der Waals surface area contributed by atoms with Crippen molar-refractivity contribution in [3.05, 3.63) is 114 Å². The van der Waals surface area contributed by atoms with Crippen molar-refractivity contribution in [2.45, 2.75) is 5.92 Å². The molecule has 6 aromatic rings. The molecule has 6 nitrogen and oxygen atoms in total. The lowest BCUT2D eigenvalue weighted by molar-refractivity contribution is 0.416. The predicted molar refractivity (Wildman–Crippen MR) is 134 cm³/mol. The molecule has 1 atom stereocenters. The minimum atomic E-state index is -0.106. The van der Waals surface area contributed by atoms with Crippen LogP contribution in [0.25, 0.3) is 27.8 Å². The zero-order chi connectivity index (χ0) is 23.4. The Morgan fingerprint density at radius 3 is 2.54 bits per heavy atom. The van der Waals surface area contributed by atoms with Crippen molar-refractivity contribution >= 4 is 16.4 Å². The number of methoxy groups -OCH3 is 1. The summed E-state index contributed by atoms with van der Waals surface area (Å²) in [4.78, 5) is 9.65. The lowest BCUT2D eigenvalue weighted by Gasteiger charge is -2.28. The molecule has 0 N–H and O–H groups in total. The molecule has 0 amide bonds. The number of aromatic nitrogens is 4. The molecule has 35 heavy (non-hydrogen) atoms. The van der Waals surface area contributed by atoms with Crippen LogP contribution in [0.3, 0.4) is 0 Å². The lowest BCUT2D eigenvalue weighted by Crippen LogP contribution is -2.15. The van der Waals surface area contributed by atoms with Gasteiger partial charge in [0.25, 0.3) is 0 Å². The summed E-state index contributed by atoms with van der Waals surface area (Å²) >= 11 is 0. The maximum absolute atomic E-state index is 6.49. The van der Waals surface area contributed by atoms with Gasteiger partial charge in [-0.05, 0) is 23.1 Å². The van der Waals surface area contributed by atoms with E-state index in [4.69, 9.17) is 19.6 Å². The Morgan fingerprint density at radius 2 is 1.66 bits per heavy atom. The number of nitrogens with zero attached hydrogens (tertiary/aromatic N) is 4. The van der Waals surface area contributed by atoms with E-state index in [9.17, 15) is 0 Å². The monoisotopic (exact) mass is 456 g/mol. The maximum atomic E-state index is 6.49. The van der Waals surface area contributed by atoms with Crippen LogP contribution in [0, 0.1) is 0 Å². The van der Waals surface area contributed by atoms with Crippen LogP contribution in [0.1, 0.15) is 22.6 Å². The Morgan fingerprint density at radius 1 is 0.857 bits per heavy atom.